The number of esters is 1. The van der Waals surface area contributed by atoms with E-state index in [1.165, 1.54) is 19.2 Å². The Bertz CT molecular complexity index is 976. The van der Waals surface area contributed by atoms with E-state index < -0.39 is 11.6 Å². The molecular weight excluding hydrogens is 339 g/mol. The van der Waals surface area contributed by atoms with Crippen LogP contribution in [0.4, 0.5) is 0 Å². The number of carbonyl (C=O) groups excluding carboxylic acids is 1. The summed E-state index contributed by atoms with van der Waals surface area (Å²) in [7, 11) is 1.24. The van der Waals surface area contributed by atoms with E-state index in [0.29, 0.717) is 11.0 Å². The monoisotopic (exact) mass is 348 g/mol. The topological polar surface area (TPSA) is 56.5 Å². The fourth-order valence-electron chi connectivity index (χ4n) is 2.35. The molecule has 0 aliphatic rings. The molecule has 0 unspecified atom stereocenters. The third kappa shape index (κ3) is 2.83. The first-order chi connectivity index (χ1) is 11.0. The molecule has 0 atom stereocenters. The van der Waals surface area contributed by atoms with Crippen LogP contribution in [0.25, 0.3) is 22.1 Å². The van der Waals surface area contributed by atoms with Gasteiger partial charge in [0.25, 0.3) is 0 Å². The Kier molecular flexibility index (Phi) is 4.11. The van der Waals surface area contributed by atoms with Crippen molar-refractivity contribution >= 4 is 40.1 Å². The molecule has 0 bridgehead atoms. The number of rotatable bonds is 2. The van der Waals surface area contributed by atoms with Crippen LogP contribution in [0.15, 0.2) is 51.7 Å². The van der Waals surface area contributed by atoms with Crippen molar-refractivity contribution in [3.8, 4) is 11.1 Å². The molecule has 116 valence electrons. The first-order valence-corrected chi connectivity index (χ1v) is 7.37. The standard InChI is InChI=1S/C17H10Cl2O4/c1-22-16(20)12-7-10(18)8-13(19)15(12)11-6-9-4-2-3-5-14(9)23-17(11)21/h2-8H,1H3. The summed E-state index contributed by atoms with van der Waals surface area (Å²) in [6.45, 7) is 0. The lowest BCUT2D eigenvalue weighted by Crippen LogP contribution is -2.09. The fourth-order valence-corrected chi connectivity index (χ4v) is 2.95. The van der Waals surface area contributed by atoms with Gasteiger partial charge in [-0.2, -0.15) is 0 Å². The third-order valence-electron chi connectivity index (χ3n) is 3.37. The maximum absolute atomic E-state index is 12.3. The molecular formula is C17H10Cl2O4. The highest BCUT2D eigenvalue weighted by Gasteiger charge is 2.21. The second-order valence-electron chi connectivity index (χ2n) is 4.79. The highest BCUT2D eigenvalue weighted by atomic mass is 35.5. The zero-order valence-electron chi connectivity index (χ0n) is 11.9. The largest absolute Gasteiger partial charge is 0.465 e. The van der Waals surface area contributed by atoms with E-state index in [-0.39, 0.29) is 26.7 Å². The van der Waals surface area contributed by atoms with Gasteiger partial charge in [-0.1, -0.05) is 41.4 Å². The predicted octanol–water partition coefficient (Wildman–Crippen LogP) is 4.55. The summed E-state index contributed by atoms with van der Waals surface area (Å²) in [6, 6.07) is 11.6. The van der Waals surface area contributed by atoms with Crippen LogP contribution in [-0.2, 0) is 4.74 Å². The van der Waals surface area contributed by atoms with Gasteiger partial charge in [0.05, 0.1) is 23.3 Å². The summed E-state index contributed by atoms with van der Waals surface area (Å²) in [6.07, 6.45) is 0. The zero-order chi connectivity index (χ0) is 16.6. The molecule has 2 aromatic carbocycles. The van der Waals surface area contributed by atoms with Crippen LogP contribution in [-0.4, -0.2) is 13.1 Å². The first-order valence-electron chi connectivity index (χ1n) is 6.62. The normalized spacial score (nSPS) is 10.7. The zero-order valence-corrected chi connectivity index (χ0v) is 13.4. The summed E-state index contributed by atoms with van der Waals surface area (Å²) < 4.78 is 10.0. The maximum Gasteiger partial charge on any atom is 0.344 e. The van der Waals surface area contributed by atoms with Crippen molar-refractivity contribution in [2.75, 3.05) is 7.11 Å². The van der Waals surface area contributed by atoms with Crippen LogP contribution >= 0.6 is 23.2 Å². The van der Waals surface area contributed by atoms with Gasteiger partial charge in [0.15, 0.2) is 0 Å². The minimum atomic E-state index is -0.642. The van der Waals surface area contributed by atoms with E-state index in [1.54, 1.807) is 24.3 Å². The third-order valence-corrected chi connectivity index (χ3v) is 3.89. The Balaban J connectivity index is 2.36. The van der Waals surface area contributed by atoms with Crippen molar-refractivity contribution in [1.82, 2.24) is 0 Å². The lowest BCUT2D eigenvalue weighted by atomic mass is 10.00. The summed E-state index contributed by atoms with van der Waals surface area (Å²) in [5, 5.41) is 1.15. The van der Waals surface area contributed by atoms with Crippen LogP contribution in [0, 0.1) is 0 Å². The first kappa shape index (κ1) is 15.6. The van der Waals surface area contributed by atoms with Crippen molar-refractivity contribution in [2.45, 2.75) is 0 Å². The van der Waals surface area contributed by atoms with Gasteiger partial charge in [0.2, 0.25) is 0 Å². The number of benzene rings is 2. The Labute approximate surface area is 141 Å². The van der Waals surface area contributed by atoms with Crippen molar-refractivity contribution in [3.05, 3.63) is 68.5 Å². The molecule has 23 heavy (non-hydrogen) atoms. The fraction of sp³-hybridized carbons (Fsp3) is 0.0588. The quantitative estimate of drug-likeness (QED) is 0.503. The SMILES string of the molecule is COC(=O)c1cc(Cl)cc(Cl)c1-c1cc2ccccc2oc1=O. The summed E-state index contributed by atoms with van der Waals surface area (Å²) >= 11 is 12.2. The second-order valence-corrected chi connectivity index (χ2v) is 5.63. The lowest BCUT2D eigenvalue weighted by molar-refractivity contribution is 0.0601. The predicted molar refractivity (Wildman–Crippen MR) is 89.3 cm³/mol. The Morgan fingerprint density at radius 3 is 2.61 bits per heavy atom. The average molecular weight is 349 g/mol. The maximum atomic E-state index is 12.3. The van der Waals surface area contributed by atoms with Gasteiger partial charge in [-0.3, -0.25) is 0 Å². The molecule has 0 amide bonds. The molecule has 0 spiro atoms. The summed E-state index contributed by atoms with van der Waals surface area (Å²) in [4.78, 5) is 24.3. The van der Waals surface area contributed by atoms with Gasteiger partial charge >= 0.3 is 11.6 Å². The van der Waals surface area contributed by atoms with Gasteiger partial charge in [0.1, 0.15) is 5.58 Å². The van der Waals surface area contributed by atoms with E-state index in [1.807, 2.05) is 6.07 Å². The van der Waals surface area contributed by atoms with E-state index in [2.05, 4.69) is 0 Å². The summed E-state index contributed by atoms with van der Waals surface area (Å²) in [5.41, 5.74) is 0.366. The molecule has 3 rings (SSSR count). The summed E-state index contributed by atoms with van der Waals surface area (Å²) in [5.74, 6) is -0.642. The molecule has 1 aromatic heterocycles. The molecule has 0 radical (unpaired) electrons. The number of methoxy groups -OCH3 is 1. The van der Waals surface area contributed by atoms with Crippen LogP contribution < -0.4 is 5.63 Å². The number of para-hydroxylation sites is 1. The molecule has 0 saturated carbocycles. The van der Waals surface area contributed by atoms with Crippen LogP contribution in [0.5, 0.6) is 0 Å². The smallest absolute Gasteiger partial charge is 0.344 e. The molecule has 0 aliphatic heterocycles. The van der Waals surface area contributed by atoms with E-state index in [9.17, 15) is 9.59 Å². The van der Waals surface area contributed by atoms with Gasteiger partial charge in [0, 0.05) is 16.0 Å². The average Bonchev–Trinajstić information content (AvgIpc) is 2.53. The molecule has 1 heterocycles. The van der Waals surface area contributed by atoms with E-state index in [4.69, 9.17) is 32.4 Å². The van der Waals surface area contributed by atoms with Crippen molar-refractivity contribution < 1.29 is 13.9 Å². The lowest BCUT2D eigenvalue weighted by Gasteiger charge is -2.10. The van der Waals surface area contributed by atoms with Crippen LogP contribution in [0.3, 0.4) is 0 Å². The van der Waals surface area contributed by atoms with Crippen molar-refractivity contribution in [1.29, 1.82) is 0 Å². The molecule has 0 aliphatic carbocycles. The Morgan fingerprint density at radius 1 is 1.13 bits per heavy atom. The number of hydrogen-bond acceptors (Lipinski definition) is 4. The molecule has 3 aromatic rings. The van der Waals surface area contributed by atoms with Crippen molar-refractivity contribution in [3.63, 3.8) is 0 Å². The van der Waals surface area contributed by atoms with Gasteiger partial charge in [-0.15, -0.1) is 0 Å². The number of halogens is 2. The number of ether oxygens (including phenoxy) is 1. The minimum Gasteiger partial charge on any atom is -0.465 e. The number of fused-ring (bicyclic) bond motifs is 1. The van der Waals surface area contributed by atoms with Gasteiger partial charge in [-0.05, 0) is 24.3 Å². The number of hydrogen-bond donors (Lipinski definition) is 0. The Hall–Kier alpha value is -2.30. The number of carbonyl (C=O) groups is 1. The van der Waals surface area contributed by atoms with Crippen LogP contribution in [0.2, 0.25) is 10.0 Å². The molecule has 0 saturated heterocycles. The van der Waals surface area contributed by atoms with Gasteiger partial charge in [-0.25, -0.2) is 9.59 Å². The van der Waals surface area contributed by atoms with Crippen LogP contribution in [0.1, 0.15) is 10.4 Å². The van der Waals surface area contributed by atoms with Crippen molar-refractivity contribution in [2.24, 2.45) is 0 Å². The minimum absolute atomic E-state index is 0.104. The van der Waals surface area contributed by atoms with Gasteiger partial charge < -0.3 is 9.15 Å². The highest BCUT2D eigenvalue weighted by molar-refractivity contribution is 6.37. The second kappa shape index (κ2) is 6.07. The van der Waals surface area contributed by atoms with E-state index in [0.717, 1.165) is 0 Å². The molecule has 0 N–H and O–H groups in total. The molecule has 4 nitrogen and oxygen atoms in total. The highest BCUT2D eigenvalue weighted by Crippen LogP contribution is 2.34. The molecule has 6 heteroatoms. The molecule has 0 fully saturated rings. The van der Waals surface area contributed by atoms with E-state index >= 15 is 0 Å². The Morgan fingerprint density at radius 2 is 1.87 bits per heavy atom.